The van der Waals surface area contributed by atoms with Crippen molar-refractivity contribution in [3.8, 4) is 10.6 Å². The van der Waals surface area contributed by atoms with Crippen LogP contribution in [0.15, 0.2) is 106 Å². The van der Waals surface area contributed by atoms with Crippen LogP contribution in [0.25, 0.3) is 16.6 Å². The molecule has 5 rings (SSSR count). The second kappa shape index (κ2) is 15.1. The summed E-state index contributed by atoms with van der Waals surface area (Å²) in [5.41, 5.74) is 1.31. The molecule has 7 nitrogen and oxygen atoms in total. The predicted octanol–water partition coefficient (Wildman–Crippen LogP) is 8.58. The van der Waals surface area contributed by atoms with Gasteiger partial charge in [-0.3, -0.25) is 14.4 Å². The second-order valence-corrected chi connectivity index (χ2v) is 13.0. The highest BCUT2D eigenvalue weighted by Gasteiger charge is 2.21. The van der Waals surface area contributed by atoms with Crippen LogP contribution in [0.5, 0.6) is 0 Å². The molecule has 0 bridgehead atoms. The van der Waals surface area contributed by atoms with Gasteiger partial charge < -0.3 is 16.0 Å². The van der Waals surface area contributed by atoms with Crippen LogP contribution in [0.3, 0.4) is 0 Å². The molecule has 0 saturated carbocycles. The van der Waals surface area contributed by atoms with E-state index in [1.54, 1.807) is 59.9 Å². The minimum absolute atomic E-state index is 0.0403. The van der Waals surface area contributed by atoms with Crippen LogP contribution in [0, 0.1) is 5.82 Å². The zero-order valence-electron chi connectivity index (χ0n) is 23.8. The Morgan fingerprint density at radius 1 is 0.978 bits per heavy atom. The van der Waals surface area contributed by atoms with Gasteiger partial charge in [-0.1, -0.05) is 54.9 Å². The van der Waals surface area contributed by atoms with E-state index in [9.17, 15) is 18.8 Å². The van der Waals surface area contributed by atoms with E-state index in [0.29, 0.717) is 22.8 Å². The molecule has 3 amide bonds. The summed E-state index contributed by atoms with van der Waals surface area (Å²) in [5, 5.41) is 12.3. The van der Waals surface area contributed by atoms with E-state index in [0.717, 1.165) is 15.5 Å². The number of anilines is 2. The molecule has 1 atom stereocenters. The molecule has 12 heteroatoms. The van der Waals surface area contributed by atoms with E-state index in [-0.39, 0.29) is 22.2 Å². The van der Waals surface area contributed by atoms with Gasteiger partial charge in [0, 0.05) is 27.1 Å². The van der Waals surface area contributed by atoms with Gasteiger partial charge >= 0.3 is 0 Å². The fourth-order valence-corrected chi connectivity index (χ4v) is 6.83. The summed E-state index contributed by atoms with van der Waals surface area (Å²) in [6.07, 6.45) is 1.75. The molecule has 3 aromatic carbocycles. The average Bonchev–Trinajstić information content (AvgIpc) is 3.74. The molecular formula is C33H26ClFN4O3S3. The topological polar surface area (TPSA) is 100 Å². The lowest BCUT2D eigenvalue weighted by Crippen LogP contribution is -2.30. The molecule has 45 heavy (non-hydrogen) atoms. The molecule has 0 spiro atoms. The molecule has 0 fully saturated rings. The largest absolute Gasteiger partial charge is 0.321 e. The van der Waals surface area contributed by atoms with Gasteiger partial charge in [0.2, 0.25) is 5.91 Å². The standard InChI is InChI=1S/C33H26ClFN4O3S3/c1-2-28(32(42)39-33-38-27(19-44-33)29-15-8-16-43-29)45-22-12-6-11-21(17-22)36-31(41)26(18-23-24(34)13-7-14-25(23)35)37-30(40)20-9-4-3-5-10-20/h3-19,28H,2H2,1H3,(H,36,41)(H,37,40)(H,38,39,42)/b26-18+. The maximum Gasteiger partial charge on any atom is 0.272 e. The first-order chi connectivity index (χ1) is 21.8. The van der Waals surface area contributed by atoms with Crippen LogP contribution in [-0.2, 0) is 9.59 Å². The monoisotopic (exact) mass is 676 g/mol. The summed E-state index contributed by atoms with van der Waals surface area (Å²) in [5.74, 6) is -2.06. The molecule has 0 aliphatic heterocycles. The SMILES string of the molecule is CCC(Sc1cccc(NC(=O)/C(=C\c2c(F)cccc2Cl)NC(=O)c2ccccc2)c1)C(=O)Nc1nc(-c2cccs2)cs1. The first kappa shape index (κ1) is 32.1. The van der Waals surface area contributed by atoms with Crippen molar-refractivity contribution in [3.63, 3.8) is 0 Å². The smallest absolute Gasteiger partial charge is 0.272 e. The minimum atomic E-state index is -0.684. The highest BCUT2D eigenvalue weighted by molar-refractivity contribution is 8.00. The number of amides is 3. The summed E-state index contributed by atoms with van der Waals surface area (Å²) in [6.45, 7) is 1.92. The first-order valence-electron chi connectivity index (χ1n) is 13.7. The molecule has 5 aromatic rings. The lowest BCUT2D eigenvalue weighted by Gasteiger charge is -2.15. The quantitative estimate of drug-likeness (QED) is 0.0961. The molecule has 228 valence electrons. The number of rotatable bonds is 11. The maximum absolute atomic E-state index is 14.6. The summed E-state index contributed by atoms with van der Waals surface area (Å²) in [6, 6.07) is 23.4. The van der Waals surface area contributed by atoms with E-state index in [1.807, 2.05) is 35.9 Å². The van der Waals surface area contributed by atoms with Crippen LogP contribution in [0.1, 0.15) is 29.3 Å². The number of hydrogen-bond acceptors (Lipinski definition) is 7. The maximum atomic E-state index is 14.6. The molecule has 0 aliphatic carbocycles. The highest BCUT2D eigenvalue weighted by Crippen LogP contribution is 2.31. The summed E-state index contributed by atoms with van der Waals surface area (Å²) < 4.78 is 14.6. The zero-order valence-corrected chi connectivity index (χ0v) is 27.0. The predicted molar refractivity (Wildman–Crippen MR) is 182 cm³/mol. The van der Waals surface area contributed by atoms with Crippen molar-refractivity contribution >= 4 is 80.7 Å². The van der Waals surface area contributed by atoms with Crippen LogP contribution in [0.2, 0.25) is 5.02 Å². The fraction of sp³-hybridized carbons (Fsp3) is 0.0909. The third-order valence-electron chi connectivity index (χ3n) is 6.36. The number of nitrogens with one attached hydrogen (secondary N) is 3. The van der Waals surface area contributed by atoms with Crippen molar-refractivity contribution in [3.05, 3.63) is 123 Å². The number of carbonyl (C=O) groups excluding carboxylic acids is 3. The van der Waals surface area contributed by atoms with Gasteiger partial charge in [0.05, 0.1) is 20.8 Å². The number of carbonyl (C=O) groups is 3. The number of aromatic nitrogens is 1. The van der Waals surface area contributed by atoms with E-state index >= 15 is 0 Å². The van der Waals surface area contributed by atoms with Crippen molar-refractivity contribution in [1.82, 2.24) is 10.3 Å². The van der Waals surface area contributed by atoms with Crippen molar-refractivity contribution in [2.45, 2.75) is 23.5 Å². The Balaban J connectivity index is 1.30. The number of thiazole rings is 1. The Bertz CT molecular complexity index is 1820. The van der Waals surface area contributed by atoms with Gasteiger partial charge in [-0.15, -0.1) is 34.4 Å². The molecule has 2 aromatic heterocycles. The Hall–Kier alpha value is -4.29. The van der Waals surface area contributed by atoms with Crippen LogP contribution >= 0.6 is 46.0 Å². The third kappa shape index (κ3) is 8.46. The molecule has 0 saturated heterocycles. The Kier molecular flexibility index (Phi) is 10.8. The third-order valence-corrected chi connectivity index (χ3v) is 9.70. The Morgan fingerprint density at radius 2 is 1.78 bits per heavy atom. The molecular weight excluding hydrogens is 651 g/mol. The van der Waals surface area contributed by atoms with Crippen molar-refractivity contribution in [2.75, 3.05) is 10.6 Å². The molecule has 1 unspecified atom stereocenters. The number of nitrogens with zero attached hydrogens (tertiary/aromatic N) is 1. The number of thiophene rings is 1. The Labute approximate surface area is 276 Å². The zero-order chi connectivity index (χ0) is 31.8. The van der Waals surface area contributed by atoms with Crippen LogP contribution < -0.4 is 16.0 Å². The van der Waals surface area contributed by atoms with Crippen LogP contribution in [0.4, 0.5) is 15.2 Å². The molecule has 0 aliphatic rings. The van der Waals surface area contributed by atoms with Gasteiger partial charge in [-0.05, 0) is 66.4 Å². The van der Waals surface area contributed by atoms with Gasteiger partial charge in [-0.2, -0.15) is 0 Å². The van der Waals surface area contributed by atoms with Crippen molar-refractivity contribution in [1.29, 1.82) is 0 Å². The van der Waals surface area contributed by atoms with E-state index in [4.69, 9.17) is 11.6 Å². The minimum Gasteiger partial charge on any atom is -0.321 e. The lowest BCUT2D eigenvalue weighted by molar-refractivity contribution is -0.116. The number of hydrogen-bond donors (Lipinski definition) is 3. The fourth-order valence-electron chi connectivity index (χ4n) is 4.12. The van der Waals surface area contributed by atoms with Crippen molar-refractivity contribution in [2.24, 2.45) is 0 Å². The van der Waals surface area contributed by atoms with E-state index < -0.39 is 22.9 Å². The summed E-state index contributed by atoms with van der Waals surface area (Å²) >= 11 is 10.5. The first-order valence-corrected chi connectivity index (χ1v) is 16.7. The van der Waals surface area contributed by atoms with Gasteiger partial charge in [0.1, 0.15) is 11.5 Å². The number of thioether (sulfide) groups is 1. The van der Waals surface area contributed by atoms with Crippen molar-refractivity contribution < 1.29 is 18.8 Å². The normalized spacial score (nSPS) is 11.9. The molecule has 0 radical (unpaired) electrons. The average molecular weight is 677 g/mol. The van der Waals surface area contributed by atoms with Crippen LogP contribution in [-0.4, -0.2) is 28.0 Å². The van der Waals surface area contributed by atoms with Gasteiger partial charge in [-0.25, -0.2) is 9.37 Å². The number of benzene rings is 3. The van der Waals surface area contributed by atoms with E-state index in [1.165, 1.54) is 47.4 Å². The summed E-state index contributed by atoms with van der Waals surface area (Å²) in [4.78, 5) is 45.8. The van der Waals surface area contributed by atoms with E-state index in [2.05, 4.69) is 20.9 Å². The Morgan fingerprint density at radius 3 is 2.51 bits per heavy atom. The highest BCUT2D eigenvalue weighted by atomic mass is 35.5. The van der Waals surface area contributed by atoms with Gasteiger partial charge in [0.15, 0.2) is 5.13 Å². The second-order valence-electron chi connectivity index (χ2n) is 9.51. The van der Waals surface area contributed by atoms with Gasteiger partial charge in [0.25, 0.3) is 11.8 Å². The lowest BCUT2D eigenvalue weighted by atomic mass is 10.1. The summed E-state index contributed by atoms with van der Waals surface area (Å²) in [7, 11) is 0. The molecule has 3 N–H and O–H groups in total. The number of halogens is 2. The molecule has 2 heterocycles.